The third kappa shape index (κ3) is 2.34. The van der Waals surface area contributed by atoms with E-state index in [4.69, 9.17) is 0 Å². The Hall–Kier alpha value is -1.36. The molecule has 0 fully saturated rings. The monoisotopic (exact) mass is 298 g/mol. The molecule has 1 aromatic carbocycles. The van der Waals surface area contributed by atoms with Crippen molar-refractivity contribution in [1.82, 2.24) is 9.36 Å². The van der Waals surface area contributed by atoms with Gasteiger partial charge in [0.1, 0.15) is 5.82 Å². The van der Waals surface area contributed by atoms with Crippen molar-refractivity contribution in [2.75, 3.05) is 0 Å². The number of rotatable bonds is 3. The van der Waals surface area contributed by atoms with E-state index >= 15 is 0 Å². The Morgan fingerprint density at radius 3 is 2.76 bits per heavy atom. The molecule has 0 atom stereocenters. The van der Waals surface area contributed by atoms with Gasteiger partial charge in [-0.2, -0.15) is 0 Å². The first-order chi connectivity index (χ1) is 8.13. The van der Waals surface area contributed by atoms with Crippen molar-refractivity contribution in [1.29, 1.82) is 0 Å². The van der Waals surface area contributed by atoms with Gasteiger partial charge >= 0.3 is 0 Å². The number of aromatic nitrogens is 2. The molecule has 0 amide bonds. The van der Waals surface area contributed by atoms with Crippen LogP contribution in [0.1, 0.15) is 12.5 Å². The first-order valence-corrected chi connectivity index (χ1v) is 6.12. The van der Waals surface area contributed by atoms with Gasteiger partial charge in [-0.3, -0.25) is 9.48 Å². The summed E-state index contributed by atoms with van der Waals surface area (Å²) in [6.45, 7) is 2.84. The van der Waals surface area contributed by atoms with E-state index in [0.717, 1.165) is 0 Å². The molecule has 0 spiro atoms. The molecule has 17 heavy (non-hydrogen) atoms. The number of hydrogen-bond donors (Lipinski definition) is 0. The maximum absolute atomic E-state index is 13.7. The second-order valence-corrected chi connectivity index (χ2v) is 4.52. The number of aryl methyl sites for hydroxylation is 1. The maximum atomic E-state index is 13.7. The van der Waals surface area contributed by atoms with E-state index in [1.54, 1.807) is 23.0 Å². The van der Waals surface area contributed by atoms with Crippen molar-refractivity contribution in [3.63, 3.8) is 0 Å². The van der Waals surface area contributed by atoms with E-state index in [9.17, 15) is 9.18 Å². The molecule has 90 valence electrons. The minimum Gasteiger partial charge on any atom is -0.290 e. The minimum atomic E-state index is -0.310. The molecule has 0 radical (unpaired) electrons. The van der Waals surface area contributed by atoms with Gasteiger partial charge in [-0.1, -0.05) is 22.0 Å². The van der Waals surface area contributed by atoms with Crippen LogP contribution in [-0.4, -0.2) is 9.36 Å². The molecular formula is C12H12BrFN2O. The highest BCUT2D eigenvalue weighted by molar-refractivity contribution is 9.10. The van der Waals surface area contributed by atoms with E-state index in [-0.39, 0.29) is 17.9 Å². The van der Waals surface area contributed by atoms with Gasteiger partial charge in [0, 0.05) is 28.8 Å². The van der Waals surface area contributed by atoms with Crippen molar-refractivity contribution >= 4 is 15.9 Å². The summed E-state index contributed by atoms with van der Waals surface area (Å²) in [5, 5.41) is 0. The average Bonchev–Trinajstić information content (AvgIpc) is 2.65. The predicted octanol–water partition coefficient (Wildman–Crippen LogP) is 2.62. The lowest BCUT2D eigenvalue weighted by molar-refractivity contribution is 0.477. The molecule has 0 aliphatic carbocycles. The van der Waals surface area contributed by atoms with Crippen LogP contribution in [0.5, 0.6) is 0 Å². The van der Waals surface area contributed by atoms with Crippen molar-refractivity contribution in [3.8, 4) is 0 Å². The Bertz CT molecular complexity index is 568. The average molecular weight is 299 g/mol. The van der Waals surface area contributed by atoms with Crippen LogP contribution in [0.25, 0.3) is 0 Å². The van der Waals surface area contributed by atoms with Gasteiger partial charge in [0.05, 0.1) is 6.54 Å². The van der Waals surface area contributed by atoms with Crippen LogP contribution in [0.3, 0.4) is 0 Å². The SMILES string of the molecule is CCn1ccc(=O)n1Cc1c(F)cccc1Br. The Balaban J connectivity index is 2.44. The molecule has 3 nitrogen and oxygen atoms in total. The summed E-state index contributed by atoms with van der Waals surface area (Å²) in [6, 6.07) is 6.27. The first-order valence-electron chi connectivity index (χ1n) is 5.32. The molecule has 0 aliphatic heterocycles. The summed E-state index contributed by atoms with van der Waals surface area (Å²) in [6.07, 6.45) is 1.71. The van der Waals surface area contributed by atoms with Gasteiger partial charge in [0.2, 0.25) is 0 Å². The molecular weight excluding hydrogens is 287 g/mol. The lowest BCUT2D eigenvalue weighted by atomic mass is 10.2. The van der Waals surface area contributed by atoms with Crippen molar-refractivity contribution in [2.24, 2.45) is 0 Å². The summed E-state index contributed by atoms with van der Waals surface area (Å²) < 4.78 is 17.6. The fourth-order valence-electron chi connectivity index (χ4n) is 1.72. The molecule has 0 unspecified atom stereocenters. The van der Waals surface area contributed by atoms with E-state index < -0.39 is 0 Å². The van der Waals surface area contributed by atoms with Gasteiger partial charge in [0.15, 0.2) is 0 Å². The van der Waals surface area contributed by atoms with Gasteiger partial charge in [-0.05, 0) is 19.1 Å². The highest BCUT2D eigenvalue weighted by Gasteiger charge is 2.10. The van der Waals surface area contributed by atoms with Gasteiger partial charge in [0.25, 0.3) is 5.56 Å². The number of hydrogen-bond acceptors (Lipinski definition) is 1. The summed E-state index contributed by atoms with van der Waals surface area (Å²) in [4.78, 5) is 11.6. The molecule has 2 aromatic rings. The molecule has 0 N–H and O–H groups in total. The summed E-state index contributed by atoms with van der Waals surface area (Å²) in [7, 11) is 0. The van der Waals surface area contributed by atoms with Crippen LogP contribution < -0.4 is 5.56 Å². The summed E-state index contributed by atoms with van der Waals surface area (Å²) in [5.74, 6) is -0.310. The zero-order valence-electron chi connectivity index (χ0n) is 9.36. The number of benzene rings is 1. The lowest BCUT2D eigenvalue weighted by Gasteiger charge is -2.11. The summed E-state index contributed by atoms with van der Waals surface area (Å²) >= 11 is 3.30. The molecule has 0 aliphatic rings. The molecule has 1 heterocycles. The fraction of sp³-hybridized carbons (Fsp3) is 0.250. The second kappa shape index (κ2) is 4.87. The lowest BCUT2D eigenvalue weighted by Crippen LogP contribution is -2.23. The molecule has 0 bridgehead atoms. The van der Waals surface area contributed by atoms with Crippen LogP contribution >= 0.6 is 15.9 Å². The molecule has 1 aromatic heterocycles. The first kappa shape index (κ1) is 12.1. The van der Waals surface area contributed by atoms with Crippen LogP contribution in [-0.2, 0) is 13.1 Å². The Morgan fingerprint density at radius 2 is 2.12 bits per heavy atom. The summed E-state index contributed by atoms with van der Waals surface area (Å²) in [5.41, 5.74) is 0.366. The van der Waals surface area contributed by atoms with Crippen molar-refractivity contribution in [2.45, 2.75) is 20.0 Å². The van der Waals surface area contributed by atoms with Crippen molar-refractivity contribution < 1.29 is 4.39 Å². The van der Waals surface area contributed by atoms with E-state index in [0.29, 0.717) is 16.6 Å². The van der Waals surface area contributed by atoms with Crippen molar-refractivity contribution in [3.05, 3.63) is 56.7 Å². The number of nitrogens with zero attached hydrogens (tertiary/aromatic N) is 2. The molecule has 2 rings (SSSR count). The van der Waals surface area contributed by atoms with Gasteiger partial charge in [-0.25, -0.2) is 9.07 Å². The Morgan fingerprint density at radius 1 is 1.35 bits per heavy atom. The van der Waals surface area contributed by atoms with Crippen LogP contribution in [0.4, 0.5) is 4.39 Å². The fourth-order valence-corrected chi connectivity index (χ4v) is 2.19. The normalized spacial score (nSPS) is 10.8. The standard InChI is InChI=1S/C12H12BrFN2O/c1-2-15-7-6-12(17)16(15)8-9-10(13)4-3-5-11(9)14/h3-7H,2,8H2,1H3. The smallest absolute Gasteiger partial charge is 0.266 e. The predicted molar refractivity (Wildman–Crippen MR) is 67.6 cm³/mol. The Kier molecular flexibility index (Phi) is 3.47. The highest BCUT2D eigenvalue weighted by atomic mass is 79.9. The second-order valence-electron chi connectivity index (χ2n) is 3.67. The third-order valence-corrected chi connectivity index (χ3v) is 3.39. The van der Waals surface area contributed by atoms with Crippen LogP contribution in [0, 0.1) is 5.82 Å². The maximum Gasteiger partial charge on any atom is 0.266 e. The Labute approximate surface area is 107 Å². The zero-order chi connectivity index (χ0) is 12.4. The highest BCUT2D eigenvalue weighted by Crippen LogP contribution is 2.20. The third-order valence-electron chi connectivity index (χ3n) is 2.65. The molecule has 5 heteroatoms. The van der Waals surface area contributed by atoms with Gasteiger partial charge in [-0.15, -0.1) is 0 Å². The molecule has 0 saturated heterocycles. The largest absolute Gasteiger partial charge is 0.290 e. The van der Waals surface area contributed by atoms with E-state index in [1.807, 2.05) is 6.92 Å². The quantitative estimate of drug-likeness (QED) is 0.856. The minimum absolute atomic E-state index is 0.123. The van der Waals surface area contributed by atoms with Crippen LogP contribution in [0.15, 0.2) is 39.7 Å². The number of halogens is 2. The van der Waals surface area contributed by atoms with Crippen LogP contribution in [0.2, 0.25) is 0 Å². The van der Waals surface area contributed by atoms with E-state index in [1.165, 1.54) is 16.8 Å². The van der Waals surface area contributed by atoms with Gasteiger partial charge < -0.3 is 0 Å². The topological polar surface area (TPSA) is 26.9 Å². The zero-order valence-corrected chi connectivity index (χ0v) is 10.9. The van der Waals surface area contributed by atoms with E-state index in [2.05, 4.69) is 15.9 Å². The molecule has 0 saturated carbocycles.